The predicted molar refractivity (Wildman–Crippen MR) is 89.5 cm³/mol. The Morgan fingerprint density at radius 3 is 2.81 bits per heavy atom. The molecule has 1 heterocycles. The summed E-state index contributed by atoms with van der Waals surface area (Å²) < 4.78 is 5.54. The van der Waals surface area contributed by atoms with E-state index in [-0.39, 0.29) is 0 Å². The van der Waals surface area contributed by atoms with E-state index in [0.29, 0.717) is 30.7 Å². The van der Waals surface area contributed by atoms with Crippen molar-refractivity contribution >= 4 is 28.9 Å². The number of nitrogens with zero attached hydrogens (tertiary/aromatic N) is 1. The lowest BCUT2D eigenvalue weighted by molar-refractivity contribution is 0.322. The monoisotopic (exact) mass is 323 g/mol. The van der Waals surface area contributed by atoms with Crippen LogP contribution in [0.1, 0.15) is 4.88 Å². The van der Waals surface area contributed by atoms with E-state index in [0.717, 1.165) is 12.2 Å². The molecule has 0 atom stereocenters. The standard InChI is InChI=1S/C15H18ClN3OS/c16-12-3-5-13(6-4-12)20-10-9-19-15(17)18-8-7-14-2-1-11-21-14/h1-6,11H,7-10H2,(H3,17,18,19). The lowest BCUT2D eigenvalue weighted by Crippen LogP contribution is -2.34. The van der Waals surface area contributed by atoms with Crippen molar-refractivity contribution in [2.45, 2.75) is 6.42 Å². The second kappa shape index (κ2) is 8.54. The van der Waals surface area contributed by atoms with E-state index in [1.165, 1.54) is 4.88 Å². The van der Waals surface area contributed by atoms with Gasteiger partial charge in [-0.15, -0.1) is 11.3 Å². The molecule has 4 nitrogen and oxygen atoms in total. The van der Waals surface area contributed by atoms with Gasteiger partial charge in [0.15, 0.2) is 5.96 Å². The molecule has 0 aliphatic heterocycles. The number of hydrogen-bond acceptors (Lipinski definition) is 3. The van der Waals surface area contributed by atoms with Crippen LogP contribution in [-0.2, 0) is 6.42 Å². The Labute approximate surface area is 133 Å². The number of ether oxygens (including phenoxy) is 1. The molecule has 0 radical (unpaired) electrons. The second-order valence-electron chi connectivity index (χ2n) is 4.33. The third-order valence-corrected chi connectivity index (χ3v) is 3.90. The minimum atomic E-state index is 0.450. The number of nitrogens with one attached hydrogen (secondary N) is 1. The highest BCUT2D eigenvalue weighted by Gasteiger charge is 1.96. The SMILES string of the molecule is NC(=NCCc1cccs1)NCCOc1ccc(Cl)cc1. The van der Waals surface area contributed by atoms with E-state index in [4.69, 9.17) is 22.1 Å². The highest BCUT2D eigenvalue weighted by Crippen LogP contribution is 2.15. The molecular weight excluding hydrogens is 306 g/mol. The molecule has 0 aliphatic rings. The Hall–Kier alpha value is -1.72. The molecule has 6 heteroatoms. The molecule has 0 bridgehead atoms. The third-order valence-electron chi connectivity index (χ3n) is 2.71. The van der Waals surface area contributed by atoms with E-state index in [1.807, 2.05) is 18.2 Å². The first-order valence-corrected chi connectivity index (χ1v) is 7.94. The van der Waals surface area contributed by atoms with Gasteiger partial charge in [0.1, 0.15) is 12.4 Å². The lowest BCUT2D eigenvalue weighted by atomic mass is 10.3. The summed E-state index contributed by atoms with van der Waals surface area (Å²) in [4.78, 5) is 5.59. The largest absolute Gasteiger partial charge is 0.492 e. The van der Waals surface area contributed by atoms with Crippen molar-refractivity contribution in [3.8, 4) is 5.75 Å². The second-order valence-corrected chi connectivity index (χ2v) is 5.79. The van der Waals surface area contributed by atoms with Crippen molar-refractivity contribution in [2.75, 3.05) is 19.7 Å². The van der Waals surface area contributed by atoms with Crippen LogP contribution in [0.2, 0.25) is 5.02 Å². The average Bonchev–Trinajstić information content (AvgIpc) is 2.99. The summed E-state index contributed by atoms with van der Waals surface area (Å²) in [5.41, 5.74) is 5.78. The van der Waals surface area contributed by atoms with Gasteiger partial charge in [-0.05, 0) is 35.7 Å². The molecule has 0 fully saturated rings. The zero-order valence-electron chi connectivity index (χ0n) is 11.6. The smallest absolute Gasteiger partial charge is 0.188 e. The van der Waals surface area contributed by atoms with Gasteiger partial charge in [0.2, 0.25) is 0 Å². The van der Waals surface area contributed by atoms with Crippen molar-refractivity contribution in [1.82, 2.24) is 5.32 Å². The van der Waals surface area contributed by atoms with E-state index >= 15 is 0 Å². The van der Waals surface area contributed by atoms with Crippen molar-refractivity contribution in [2.24, 2.45) is 10.7 Å². The maximum Gasteiger partial charge on any atom is 0.188 e. The van der Waals surface area contributed by atoms with Gasteiger partial charge in [0, 0.05) is 22.9 Å². The van der Waals surface area contributed by atoms with Gasteiger partial charge in [-0.1, -0.05) is 17.7 Å². The van der Waals surface area contributed by atoms with Crippen LogP contribution in [0.15, 0.2) is 46.8 Å². The Balaban J connectivity index is 1.60. The first-order valence-electron chi connectivity index (χ1n) is 6.68. The summed E-state index contributed by atoms with van der Waals surface area (Å²) in [6, 6.07) is 11.4. The number of halogens is 1. The molecule has 112 valence electrons. The topological polar surface area (TPSA) is 59.6 Å². The average molecular weight is 324 g/mol. The molecule has 0 amide bonds. The van der Waals surface area contributed by atoms with E-state index in [1.54, 1.807) is 23.5 Å². The number of aliphatic imine (C=N–C) groups is 1. The first-order chi connectivity index (χ1) is 10.2. The fraction of sp³-hybridized carbons (Fsp3) is 0.267. The van der Waals surface area contributed by atoms with Gasteiger partial charge in [-0.25, -0.2) is 0 Å². The number of rotatable bonds is 7. The van der Waals surface area contributed by atoms with Crippen LogP contribution in [0.25, 0.3) is 0 Å². The maximum absolute atomic E-state index is 5.80. The van der Waals surface area contributed by atoms with Gasteiger partial charge in [0.25, 0.3) is 0 Å². The summed E-state index contributed by atoms with van der Waals surface area (Å²) in [6.45, 7) is 1.82. The van der Waals surface area contributed by atoms with Crippen LogP contribution in [-0.4, -0.2) is 25.7 Å². The molecule has 1 aromatic heterocycles. The van der Waals surface area contributed by atoms with Crippen molar-refractivity contribution in [3.05, 3.63) is 51.7 Å². The van der Waals surface area contributed by atoms with Gasteiger partial charge < -0.3 is 15.8 Å². The number of guanidine groups is 1. The van der Waals surface area contributed by atoms with Crippen LogP contribution in [0, 0.1) is 0 Å². The highest BCUT2D eigenvalue weighted by molar-refractivity contribution is 7.09. The minimum absolute atomic E-state index is 0.450. The summed E-state index contributed by atoms with van der Waals surface area (Å²) in [6.07, 6.45) is 0.918. The van der Waals surface area contributed by atoms with Crippen molar-refractivity contribution in [3.63, 3.8) is 0 Å². The molecule has 2 rings (SSSR count). The van der Waals surface area contributed by atoms with Crippen LogP contribution in [0.5, 0.6) is 5.75 Å². The Morgan fingerprint density at radius 2 is 2.10 bits per heavy atom. The summed E-state index contributed by atoms with van der Waals surface area (Å²) in [5, 5.41) is 5.79. The minimum Gasteiger partial charge on any atom is -0.492 e. The van der Waals surface area contributed by atoms with Gasteiger partial charge in [-0.3, -0.25) is 4.99 Å². The summed E-state index contributed by atoms with van der Waals surface area (Å²) >= 11 is 7.54. The van der Waals surface area contributed by atoms with Crippen LogP contribution in [0.4, 0.5) is 0 Å². The van der Waals surface area contributed by atoms with E-state index in [9.17, 15) is 0 Å². The number of hydrogen-bond donors (Lipinski definition) is 2. The predicted octanol–water partition coefficient (Wildman–Crippen LogP) is 2.93. The van der Waals surface area contributed by atoms with Gasteiger partial charge in [-0.2, -0.15) is 0 Å². The third kappa shape index (κ3) is 6.06. The molecule has 0 saturated heterocycles. The fourth-order valence-electron chi connectivity index (χ4n) is 1.68. The number of benzene rings is 1. The molecule has 0 saturated carbocycles. The van der Waals surface area contributed by atoms with Crippen LogP contribution >= 0.6 is 22.9 Å². The molecule has 21 heavy (non-hydrogen) atoms. The van der Waals surface area contributed by atoms with Gasteiger partial charge in [0.05, 0.1) is 6.54 Å². The molecule has 0 spiro atoms. The highest BCUT2D eigenvalue weighted by atomic mass is 35.5. The molecule has 0 aliphatic carbocycles. The van der Waals surface area contributed by atoms with E-state index < -0.39 is 0 Å². The van der Waals surface area contributed by atoms with Gasteiger partial charge >= 0.3 is 0 Å². The van der Waals surface area contributed by atoms with Crippen molar-refractivity contribution < 1.29 is 4.74 Å². The molecule has 0 unspecified atom stereocenters. The van der Waals surface area contributed by atoms with Crippen LogP contribution < -0.4 is 15.8 Å². The fourth-order valence-corrected chi connectivity index (χ4v) is 2.50. The Morgan fingerprint density at radius 1 is 1.29 bits per heavy atom. The lowest BCUT2D eigenvalue weighted by Gasteiger charge is -2.08. The maximum atomic E-state index is 5.80. The molecule has 1 aromatic carbocycles. The van der Waals surface area contributed by atoms with Crippen molar-refractivity contribution in [1.29, 1.82) is 0 Å². The molecule has 2 aromatic rings. The normalized spacial score (nSPS) is 11.4. The first kappa shape index (κ1) is 15.7. The Bertz CT molecular complexity index is 555. The molecular formula is C15H18ClN3OS. The zero-order valence-corrected chi connectivity index (χ0v) is 13.2. The molecule has 3 N–H and O–H groups in total. The quantitative estimate of drug-likeness (QED) is 0.468. The summed E-state index contributed by atoms with van der Waals surface area (Å²) in [7, 11) is 0. The zero-order chi connectivity index (χ0) is 14.9. The van der Waals surface area contributed by atoms with Crippen LogP contribution in [0.3, 0.4) is 0 Å². The van der Waals surface area contributed by atoms with E-state index in [2.05, 4.69) is 21.8 Å². The number of thiophene rings is 1. The number of nitrogens with two attached hydrogens (primary N) is 1. The Kier molecular flexibility index (Phi) is 6.37. The summed E-state index contributed by atoms with van der Waals surface area (Å²) in [5.74, 6) is 1.24.